The lowest BCUT2D eigenvalue weighted by Gasteiger charge is -2.26. The van der Waals surface area contributed by atoms with E-state index < -0.39 is 0 Å². The molecule has 1 aromatic rings. The Bertz CT molecular complexity index is 479. The molecule has 0 aromatic heterocycles. The number of carbonyl (C=O) groups excluding carboxylic acids is 1. The lowest BCUT2D eigenvalue weighted by atomic mass is 10.1. The van der Waals surface area contributed by atoms with Gasteiger partial charge in [0, 0.05) is 11.7 Å². The highest BCUT2D eigenvalue weighted by Gasteiger charge is 2.18. The molecule has 1 aromatic carbocycles. The molecule has 1 unspecified atom stereocenters. The highest BCUT2D eigenvalue weighted by Crippen LogP contribution is 2.15. The van der Waals surface area contributed by atoms with Gasteiger partial charge < -0.3 is 10.6 Å². The predicted molar refractivity (Wildman–Crippen MR) is 87.7 cm³/mol. The Morgan fingerprint density at radius 3 is 2.86 bits per heavy atom. The van der Waals surface area contributed by atoms with Crippen LogP contribution in [0.4, 0.5) is 5.69 Å². The number of hydrogen-bond donors (Lipinski definition) is 2. The van der Waals surface area contributed by atoms with Crippen LogP contribution in [0, 0.1) is 13.8 Å². The lowest BCUT2D eigenvalue weighted by molar-refractivity contribution is -0.117. The van der Waals surface area contributed by atoms with E-state index >= 15 is 0 Å². The van der Waals surface area contributed by atoms with Gasteiger partial charge in [-0.2, -0.15) is 0 Å². The number of rotatable bonds is 4. The minimum absolute atomic E-state index is 0.0676. The van der Waals surface area contributed by atoms with Gasteiger partial charge in [-0.3, -0.25) is 9.69 Å². The van der Waals surface area contributed by atoms with Crippen molar-refractivity contribution >= 4 is 11.6 Å². The summed E-state index contributed by atoms with van der Waals surface area (Å²) in [7, 11) is 2.05. The van der Waals surface area contributed by atoms with Crippen molar-refractivity contribution in [3.05, 3.63) is 29.3 Å². The number of nitrogens with zero attached hydrogens (tertiary/aromatic N) is 1. The van der Waals surface area contributed by atoms with E-state index in [0.717, 1.165) is 25.2 Å². The van der Waals surface area contributed by atoms with Crippen LogP contribution in [0.5, 0.6) is 0 Å². The Balaban J connectivity index is 1.86. The van der Waals surface area contributed by atoms with Crippen LogP contribution in [-0.2, 0) is 4.79 Å². The van der Waals surface area contributed by atoms with Crippen molar-refractivity contribution in [1.82, 2.24) is 10.2 Å². The number of hydrogen-bond acceptors (Lipinski definition) is 3. The van der Waals surface area contributed by atoms with E-state index in [2.05, 4.69) is 36.4 Å². The number of benzene rings is 1. The average Bonchev–Trinajstić information content (AvgIpc) is 2.72. The molecule has 21 heavy (non-hydrogen) atoms. The van der Waals surface area contributed by atoms with Crippen LogP contribution in [-0.4, -0.2) is 43.5 Å². The quantitative estimate of drug-likeness (QED) is 0.894. The molecular weight excluding hydrogens is 262 g/mol. The van der Waals surface area contributed by atoms with E-state index in [1.54, 1.807) is 0 Å². The number of likely N-dealkylation sites (N-methyl/N-ethyl adjacent to an activating group) is 1. The molecule has 116 valence electrons. The first-order valence-electron chi connectivity index (χ1n) is 7.84. The molecule has 4 nitrogen and oxygen atoms in total. The minimum Gasteiger partial charge on any atom is -0.325 e. The maximum absolute atomic E-state index is 12.2. The van der Waals surface area contributed by atoms with E-state index in [1.165, 1.54) is 24.0 Å². The van der Waals surface area contributed by atoms with Gasteiger partial charge in [0.25, 0.3) is 0 Å². The van der Waals surface area contributed by atoms with Crippen molar-refractivity contribution in [2.45, 2.75) is 39.2 Å². The van der Waals surface area contributed by atoms with E-state index in [1.807, 2.05) is 18.2 Å². The zero-order valence-electron chi connectivity index (χ0n) is 13.4. The Labute approximate surface area is 127 Å². The van der Waals surface area contributed by atoms with Crippen LogP contribution in [0.3, 0.4) is 0 Å². The largest absolute Gasteiger partial charge is 0.325 e. The first-order chi connectivity index (χ1) is 10.1. The molecule has 1 aliphatic heterocycles. The van der Waals surface area contributed by atoms with Gasteiger partial charge >= 0.3 is 0 Å². The standard InChI is InChI=1S/C17H27N3O/c1-13-6-7-15(11-14(13)2)19-17(21)12-20(3)16-5-4-9-18-10-8-16/h6-7,11,16,18H,4-5,8-10,12H2,1-3H3,(H,19,21). The second kappa shape index (κ2) is 7.57. The zero-order chi connectivity index (χ0) is 15.2. The molecule has 0 saturated carbocycles. The van der Waals surface area contributed by atoms with Crippen LogP contribution in [0.25, 0.3) is 0 Å². The molecule has 4 heteroatoms. The fourth-order valence-corrected chi connectivity index (χ4v) is 2.82. The summed E-state index contributed by atoms with van der Waals surface area (Å²) in [6, 6.07) is 6.55. The number of amides is 1. The van der Waals surface area contributed by atoms with E-state index in [9.17, 15) is 4.79 Å². The van der Waals surface area contributed by atoms with Gasteiger partial charge in [0.15, 0.2) is 0 Å². The van der Waals surface area contributed by atoms with Crippen LogP contribution >= 0.6 is 0 Å². The fourth-order valence-electron chi connectivity index (χ4n) is 2.82. The van der Waals surface area contributed by atoms with E-state index in [-0.39, 0.29) is 5.91 Å². The second-order valence-corrected chi connectivity index (χ2v) is 6.10. The first-order valence-corrected chi connectivity index (χ1v) is 7.84. The molecule has 1 fully saturated rings. The molecule has 0 spiro atoms. The van der Waals surface area contributed by atoms with Crippen LogP contribution < -0.4 is 10.6 Å². The molecule has 1 heterocycles. The summed E-state index contributed by atoms with van der Waals surface area (Å²) < 4.78 is 0. The van der Waals surface area contributed by atoms with Crippen molar-refractivity contribution in [3.63, 3.8) is 0 Å². The summed E-state index contributed by atoms with van der Waals surface area (Å²) in [4.78, 5) is 14.4. The SMILES string of the molecule is Cc1ccc(NC(=O)CN(C)C2CCCNCC2)cc1C. The zero-order valence-corrected chi connectivity index (χ0v) is 13.4. The van der Waals surface area contributed by atoms with E-state index in [4.69, 9.17) is 0 Å². The van der Waals surface area contributed by atoms with Gasteiger partial charge in [0.1, 0.15) is 0 Å². The maximum Gasteiger partial charge on any atom is 0.238 e. The summed E-state index contributed by atoms with van der Waals surface area (Å²) in [5.41, 5.74) is 3.34. The Morgan fingerprint density at radius 2 is 2.10 bits per heavy atom. The lowest BCUT2D eigenvalue weighted by Crippen LogP contribution is -2.38. The molecule has 1 atom stereocenters. The summed E-state index contributed by atoms with van der Waals surface area (Å²) in [6.07, 6.45) is 3.47. The summed E-state index contributed by atoms with van der Waals surface area (Å²) >= 11 is 0. The Kier molecular flexibility index (Phi) is 5.76. The Hall–Kier alpha value is -1.39. The number of nitrogens with one attached hydrogen (secondary N) is 2. The molecule has 1 amide bonds. The topological polar surface area (TPSA) is 44.4 Å². The predicted octanol–water partition coefficient (Wildman–Crippen LogP) is 2.32. The Morgan fingerprint density at radius 1 is 1.29 bits per heavy atom. The highest BCUT2D eigenvalue weighted by atomic mass is 16.2. The van der Waals surface area contributed by atoms with E-state index in [0.29, 0.717) is 12.6 Å². The monoisotopic (exact) mass is 289 g/mol. The average molecular weight is 289 g/mol. The third-order valence-corrected chi connectivity index (χ3v) is 4.35. The van der Waals surface area contributed by atoms with Gasteiger partial charge in [-0.1, -0.05) is 6.07 Å². The van der Waals surface area contributed by atoms with Crippen molar-refractivity contribution in [2.24, 2.45) is 0 Å². The minimum atomic E-state index is 0.0676. The van der Waals surface area contributed by atoms with Crippen molar-refractivity contribution in [3.8, 4) is 0 Å². The summed E-state index contributed by atoms with van der Waals surface area (Å²) in [5, 5.41) is 6.41. The molecule has 1 aliphatic rings. The molecule has 2 rings (SSSR count). The highest BCUT2D eigenvalue weighted by molar-refractivity contribution is 5.92. The van der Waals surface area contributed by atoms with Crippen molar-refractivity contribution in [1.29, 1.82) is 0 Å². The van der Waals surface area contributed by atoms with Crippen molar-refractivity contribution in [2.75, 3.05) is 32.0 Å². The van der Waals surface area contributed by atoms with Gasteiger partial charge in [-0.15, -0.1) is 0 Å². The van der Waals surface area contributed by atoms with Crippen LogP contribution in [0.15, 0.2) is 18.2 Å². The van der Waals surface area contributed by atoms with Crippen molar-refractivity contribution < 1.29 is 4.79 Å². The molecule has 1 saturated heterocycles. The summed E-state index contributed by atoms with van der Waals surface area (Å²) in [5.74, 6) is 0.0676. The molecule has 0 radical (unpaired) electrons. The van der Waals surface area contributed by atoms with Gasteiger partial charge in [0.2, 0.25) is 5.91 Å². The smallest absolute Gasteiger partial charge is 0.238 e. The van der Waals surface area contributed by atoms with Gasteiger partial charge in [0.05, 0.1) is 6.54 Å². The summed E-state index contributed by atoms with van der Waals surface area (Å²) in [6.45, 7) is 6.75. The normalized spacial score (nSPS) is 19.3. The number of carbonyl (C=O) groups is 1. The third-order valence-electron chi connectivity index (χ3n) is 4.35. The number of aryl methyl sites for hydroxylation is 2. The van der Waals surface area contributed by atoms with Gasteiger partial charge in [-0.25, -0.2) is 0 Å². The molecule has 0 bridgehead atoms. The second-order valence-electron chi connectivity index (χ2n) is 6.10. The van der Waals surface area contributed by atoms with Gasteiger partial charge in [-0.05, 0) is 76.5 Å². The number of anilines is 1. The molecule has 2 N–H and O–H groups in total. The third kappa shape index (κ3) is 4.83. The fraction of sp³-hybridized carbons (Fsp3) is 0.588. The van der Waals surface area contributed by atoms with Crippen LogP contribution in [0.2, 0.25) is 0 Å². The first kappa shape index (κ1) is 16.0. The van der Waals surface area contributed by atoms with Crippen LogP contribution in [0.1, 0.15) is 30.4 Å². The molecular formula is C17H27N3O. The molecule has 0 aliphatic carbocycles. The maximum atomic E-state index is 12.2.